The number of nitrogens with one attached hydrogen (secondary N) is 2. The van der Waals surface area contributed by atoms with Crippen LogP contribution in [-0.2, 0) is 9.59 Å². The van der Waals surface area contributed by atoms with Gasteiger partial charge in [-0.05, 0) is 46.6 Å². The van der Waals surface area contributed by atoms with E-state index in [0.29, 0.717) is 5.92 Å². The number of nitrogens with zero attached hydrogens (tertiary/aromatic N) is 1. The summed E-state index contributed by atoms with van der Waals surface area (Å²) in [5.41, 5.74) is 0. The number of amides is 2. The Hall–Kier alpha value is -1.10. The highest BCUT2D eigenvalue weighted by Crippen LogP contribution is 2.22. The Morgan fingerprint density at radius 3 is 2.33 bits per heavy atom. The van der Waals surface area contributed by atoms with Gasteiger partial charge in [0.05, 0.1) is 12.6 Å². The highest BCUT2D eigenvalue weighted by molar-refractivity contribution is 5.83. The van der Waals surface area contributed by atoms with Crippen LogP contribution in [0.5, 0.6) is 0 Å². The van der Waals surface area contributed by atoms with E-state index in [1.165, 1.54) is 32.1 Å². The van der Waals surface area contributed by atoms with Gasteiger partial charge in [-0.3, -0.25) is 14.5 Å². The standard InChI is InChI=1S/C16H31N3O2/c1-12(2)18-15(20)11-19(4)13(3)16(21)17-10-14-8-6-5-7-9-14/h12-14H,5-11H2,1-4H3,(H,17,21)(H,18,20)/t13-/m0/s1. The summed E-state index contributed by atoms with van der Waals surface area (Å²) in [6, 6.07) is -0.159. The average Bonchev–Trinajstić information content (AvgIpc) is 2.44. The SMILES string of the molecule is CC(C)NC(=O)CN(C)[C@@H](C)C(=O)NCC1CCCCC1. The van der Waals surface area contributed by atoms with Crippen molar-refractivity contribution >= 4 is 11.8 Å². The molecule has 0 saturated heterocycles. The molecule has 0 spiro atoms. The van der Waals surface area contributed by atoms with Gasteiger partial charge in [-0.2, -0.15) is 0 Å². The Labute approximate surface area is 128 Å². The quantitative estimate of drug-likeness (QED) is 0.749. The van der Waals surface area contributed by atoms with Crippen LogP contribution in [0.1, 0.15) is 52.9 Å². The molecule has 122 valence electrons. The maximum Gasteiger partial charge on any atom is 0.237 e. The lowest BCUT2D eigenvalue weighted by atomic mass is 9.89. The van der Waals surface area contributed by atoms with Crippen molar-refractivity contribution in [2.24, 2.45) is 5.92 Å². The van der Waals surface area contributed by atoms with Crippen LogP contribution in [0.25, 0.3) is 0 Å². The van der Waals surface area contributed by atoms with Crippen molar-refractivity contribution in [3.8, 4) is 0 Å². The lowest BCUT2D eigenvalue weighted by Gasteiger charge is -2.26. The van der Waals surface area contributed by atoms with Gasteiger partial charge in [0.25, 0.3) is 0 Å². The van der Waals surface area contributed by atoms with Crippen LogP contribution in [0.15, 0.2) is 0 Å². The minimum Gasteiger partial charge on any atom is -0.354 e. The summed E-state index contributed by atoms with van der Waals surface area (Å²) < 4.78 is 0. The minimum absolute atomic E-state index is 0.0143. The molecule has 5 nitrogen and oxygen atoms in total. The zero-order valence-corrected chi connectivity index (χ0v) is 13.9. The van der Waals surface area contributed by atoms with Gasteiger partial charge >= 0.3 is 0 Å². The Balaban J connectivity index is 2.29. The average molecular weight is 297 g/mol. The van der Waals surface area contributed by atoms with E-state index in [0.717, 1.165) is 6.54 Å². The first-order valence-electron chi connectivity index (χ1n) is 8.17. The zero-order chi connectivity index (χ0) is 15.8. The van der Waals surface area contributed by atoms with Crippen molar-refractivity contribution in [3.05, 3.63) is 0 Å². The van der Waals surface area contributed by atoms with Gasteiger partial charge in [0.2, 0.25) is 11.8 Å². The number of hydrogen-bond donors (Lipinski definition) is 2. The molecule has 0 unspecified atom stereocenters. The molecule has 0 radical (unpaired) electrons. The summed E-state index contributed by atoms with van der Waals surface area (Å²) in [5.74, 6) is 0.601. The topological polar surface area (TPSA) is 61.4 Å². The maximum absolute atomic E-state index is 12.1. The third-order valence-corrected chi connectivity index (χ3v) is 4.17. The van der Waals surface area contributed by atoms with Crippen LogP contribution >= 0.6 is 0 Å². The van der Waals surface area contributed by atoms with Crippen LogP contribution in [-0.4, -0.2) is 48.9 Å². The third-order valence-electron chi connectivity index (χ3n) is 4.17. The molecule has 1 saturated carbocycles. The van der Waals surface area contributed by atoms with Gasteiger partial charge in [0.15, 0.2) is 0 Å². The summed E-state index contributed by atoms with van der Waals surface area (Å²) in [4.78, 5) is 25.6. The van der Waals surface area contributed by atoms with Crippen molar-refractivity contribution in [2.75, 3.05) is 20.1 Å². The molecule has 0 aromatic rings. The largest absolute Gasteiger partial charge is 0.354 e. The maximum atomic E-state index is 12.1. The number of rotatable bonds is 7. The predicted molar refractivity (Wildman–Crippen MR) is 85.0 cm³/mol. The molecule has 0 bridgehead atoms. The summed E-state index contributed by atoms with van der Waals surface area (Å²) in [5, 5.41) is 5.87. The second-order valence-corrected chi connectivity index (χ2v) is 6.56. The fourth-order valence-electron chi connectivity index (χ4n) is 2.72. The summed E-state index contributed by atoms with van der Waals surface area (Å²) in [7, 11) is 1.81. The monoisotopic (exact) mass is 297 g/mol. The van der Waals surface area contributed by atoms with E-state index in [2.05, 4.69) is 10.6 Å². The summed E-state index contributed by atoms with van der Waals surface area (Å²) in [6.45, 7) is 6.72. The fraction of sp³-hybridized carbons (Fsp3) is 0.875. The van der Waals surface area contributed by atoms with Crippen LogP contribution in [0.3, 0.4) is 0 Å². The number of carbonyl (C=O) groups excluding carboxylic acids is 2. The van der Waals surface area contributed by atoms with Crippen molar-refractivity contribution < 1.29 is 9.59 Å². The minimum atomic E-state index is -0.286. The molecule has 1 rings (SSSR count). The first-order chi connectivity index (χ1) is 9.90. The summed E-state index contributed by atoms with van der Waals surface area (Å²) in [6.07, 6.45) is 6.34. The normalized spacial score (nSPS) is 17.8. The van der Waals surface area contributed by atoms with Crippen molar-refractivity contribution in [1.29, 1.82) is 0 Å². The highest BCUT2D eigenvalue weighted by atomic mass is 16.2. The second kappa shape index (κ2) is 9.03. The molecule has 2 amide bonds. The van der Waals surface area contributed by atoms with Crippen LogP contribution in [0.2, 0.25) is 0 Å². The lowest BCUT2D eigenvalue weighted by Crippen LogP contribution is -2.48. The predicted octanol–water partition coefficient (Wildman–Crippen LogP) is 1.53. The van der Waals surface area contributed by atoms with Crippen molar-refractivity contribution in [1.82, 2.24) is 15.5 Å². The molecule has 0 heterocycles. The Bertz CT molecular complexity index is 338. The zero-order valence-electron chi connectivity index (χ0n) is 13.9. The van der Waals surface area contributed by atoms with Gasteiger partial charge in [-0.1, -0.05) is 19.3 Å². The lowest BCUT2D eigenvalue weighted by molar-refractivity contribution is -0.128. The van der Waals surface area contributed by atoms with Gasteiger partial charge in [0.1, 0.15) is 0 Å². The molecular formula is C16H31N3O2. The molecule has 0 aromatic heterocycles. The Kier molecular flexibility index (Phi) is 7.72. The first kappa shape index (κ1) is 18.0. The second-order valence-electron chi connectivity index (χ2n) is 6.56. The highest BCUT2D eigenvalue weighted by Gasteiger charge is 2.21. The molecule has 1 fully saturated rings. The van der Waals surface area contributed by atoms with Crippen molar-refractivity contribution in [3.63, 3.8) is 0 Å². The molecule has 2 N–H and O–H groups in total. The molecule has 0 aromatic carbocycles. The Morgan fingerprint density at radius 2 is 1.76 bits per heavy atom. The van der Waals surface area contributed by atoms with E-state index in [-0.39, 0.29) is 30.4 Å². The molecule has 0 aliphatic heterocycles. The van der Waals surface area contributed by atoms with E-state index in [9.17, 15) is 9.59 Å². The molecular weight excluding hydrogens is 266 g/mol. The first-order valence-corrected chi connectivity index (χ1v) is 8.17. The molecule has 5 heteroatoms. The fourth-order valence-corrected chi connectivity index (χ4v) is 2.72. The van der Waals surface area contributed by atoms with E-state index >= 15 is 0 Å². The molecule has 21 heavy (non-hydrogen) atoms. The number of carbonyl (C=O) groups is 2. The molecule has 1 aliphatic carbocycles. The van der Waals surface area contributed by atoms with E-state index in [4.69, 9.17) is 0 Å². The molecule has 1 aliphatic rings. The van der Waals surface area contributed by atoms with Crippen LogP contribution in [0, 0.1) is 5.92 Å². The smallest absolute Gasteiger partial charge is 0.237 e. The number of likely N-dealkylation sites (N-methyl/N-ethyl adjacent to an activating group) is 1. The van der Waals surface area contributed by atoms with E-state index < -0.39 is 0 Å². The number of hydrogen-bond acceptors (Lipinski definition) is 3. The van der Waals surface area contributed by atoms with Gasteiger partial charge in [0, 0.05) is 12.6 Å². The van der Waals surface area contributed by atoms with E-state index in [1.807, 2.05) is 27.8 Å². The Morgan fingerprint density at radius 1 is 1.14 bits per heavy atom. The van der Waals surface area contributed by atoms with Gasteiger partial charge in [-0.25, -0.2) is 0 Å². The van der Waals surface area contributed by atoms with Crippen LogP contribution in [0.4, 0.5) is 0 Å². The van der Waals surface area contributed by atoms with E-state index in [1.54, 1.807) is 4.90 Å². The molecule has 1 atom stereocenters. The van der Waals surface area contributed by atoms with Gasteiger partial charge in [-0.15, -0.1) is 0 Å². The van der Waals surface area contributed by atoms with Crippen molar-refractivity contribution in [2.45, 2.75) is 65.0 Å². The van der Waals surface area contributed by atoms with Gasteiger partial charge < -0.3 is 10.6 Å². The third kappa shape index (κ3) is 6.93. The van der Waals surface area contributed by atoms with Crippen LogP contribution < -0.4 is 10.6 Å². The summed E-state index contributed by atoms with van der Waals surface area (Å²) >= 11 is 0.